The third-order valence-electron chi connectivity index (χ3n) is 4.55. The molecule has 1 aliphatic heterocycles. The quantitative estimate of drug-likeness (QED) is 0.724. The zero-order chi connectivity index (χ0) is 12.3. The average molecular weight is 254 g/mol. The summed E-state index contributed by atoms with van der Waals surface area (Å²) in [6.07, 6.45) is 8.04. The van der Waals surface area contributed by atoms with Crippen LogP contribution in [0, 0.1) is 11.8 Å². The molecule has 0 aromatic carbocycles. The van der Waals surface area contributed by atoms with Crippen molar-refractivity contribution in [2.45, 2.75) is 58.4 Å². The molecule has 0 amide bonds. The second kappa shape index (κ2) is 6.03. The highest BCUT2D eigenvalue weighted by molar-refractivity contribution is 7.80. The number of rotatable bonds is 1. The van der Waals surface area contributed by atoms with E-state index in [1.807, 2.05) is 0 Å². The number of nitrogens with one attached hydrogen (secondary N) is 1. The molecule has 2 rings (SSSR count). The Morgan fingerprint density at radius 3 is 2.41 bits per heavy atom. The molecule has 1 saturated heterocycles. The molecule has 2 fully saturated rings. The Morgan fingerprint density at radius 1 is 1.06 bits per heavy atom. The largest absolute Gasteiger partial charge is 0.360 e. The van der Waals surface area contributed by atoms with Gasteiger partial charge in [0.25, 0.3) is 0 Å². The molecule has 2 aliphatic rings. The maximum Gasteiger partial charge on any atom is 0.169 e. The molecular weight excluding hydrogens is 228 g/mol. The maximum atomic E-state index is 5.56. The fourth-order valence-electron chi connectivity index (χ4n) is 2.96. The van der Waals surface area contributed by atoms with Gasteiger partial charge in [0.15, 0.2) is 5.11 Å². The number of piperidine rings is 1. The topological polar surface area (TPSA) is 15.3 Å². The number of hydrogen-bond acceptors (Lipinski definition) is 1. The van der Waals surface area contributed by atoms with Crippen LogP contribution in [0.25, 0.3) is 0 Å². The molecule has 0 spiro atoms. The summed E-state index contributed by atoms with van der Waals surface area (Å²) in [6, 6.07) is 0.644. The van der Waals surface area contributed by atoms with Crippen molar-refractivity contribution in [2.24, 2.45) is 11.8 Å². The maximum absolute atomic E-state index is 5.56. The number of hydrogen-bond donors (Lipinski definition) is 1. The van der Waals surface area contributed by atoms with E-state index in [2.05, 4.69) is 24.1 Å². The number of thiocarbonyl (C=S) groups is 1. The van der Waals surface area contributed by atoms with E-state index >= 15 is 0 Å². The van der Waals surface area contributed by atoms with Gasteiger partial charge in [0.05, 0.1) is 0 Å². The van der Waals surface area contributed by atoms with Crippen LogP contribution >= 0.6 is 12.2 Å². The third-order valence-corrected chi connectivity index (χ3v) is 4.93. The highest BCUT2D eigenvalue weighted by Crippen LogP contribution is 2.23. The van der Waals surface area contributed by atoms with Crippen LogP contribution < -0.4 is 5.32 Å². The van der Waals surface area contributed by atoms with Crippen LogP contribution in [0.4, 0.5) is 0 Å². The molecule has 0 aromatic rings. The van der Waals surface area contributed by atoms with Gasteiger partial charge in [0.2, 0.25) is 0 Å². The van der Waals surface area contributed by atoms with Crippen molar-refractivity contribution < 1.29 is 0 Å². The summed E-state index contributed by atoms with van der Waals surface area (Å²) in [5.74, 6) is 1.62. The van der Waals surface area contributed by atoms with Crippen LogP contribution in [0.15, 0.2) is 0 Å². The van der Waals surface area contributed by atoms with Gasteiger partial charge in [-0.3, -0.25) is 0 Å². The summed E-state index contributed by atoms with van der Waals surface area (Å²) < 4.78 is 0. The Balaban J connectivity index is 1.79. The molecule has 98 valence electrons. The molecule has 0 aromatic heterocycles. The van der Waals surface area contributed by atoms with Crippen LogP contribution in [0.2, 0.25) is 0 Å². The molecule has 2 atom stereocenters. The summed E-state index contributed by atoms with van der Waals surface area (Å²) >= 11 is 5.56. The standard InChI is InChI=1S/C14H26N2S/c1-11-8-9-16(10-12(11)2)14(17)15-13-6-4-3-5-7-13/h11-13H,3-10H2,1-2H3,(H,15,17). The Bertz CT molecular complexity index is 261. The van der Waals surface area contributed by atoms with Crippen molar-refractivity contribution in [1.82, 2.24) is 10.2 Å². The second-order valence-electron chi connectivity index (χ2n) is 5.97. The first-order valence-electron chi connectivity index (χ1n) is 7.22. The van der Waals surface area contributed by atoms with Gasteiger partial charge >= 0.3 is 0 Å². The van der Waals surface area contributed by atoms with E-state index in [4.69, 9.17) is 12.2 Å². The van der Waals surface area contributed by atoms with Gasteiger partial charge in [-0.25, -0.2) is 0 Å². The summed E-state index contributed by atoms with van der Waals surface area (Å²) in [7, 11) is 0. The zero-order valence-electron chi connectivity index (χ0n) is 11.2. The highest BCUT2D eigenvalue weighted by atomic mass is 32.1. The van der Waals surface area contributed by atoms with Gasteiger partial charge < -0.3 is 10.2 Å². The van der Waals surface area contributed by atoms with Crippen molar-refractivity contribution >= 4 is 17.3 Å². The first-order chi connectivity index (χ1) is 8.16. The predicted octanol–water partition coefficient (Wildman–Crippen LogP) is 3.17. The van der Waals surface area contributed by atoms with Crippen molar-refractivity contribution in [1.29, 1.82) is 0 Å². The van der Waals surface area contributed by atoms with Crippen LogP contribution in [-0.2, 0) is 0 Å². The van der Waals surface area contributed by atoms with Gasteiger partial charge in [0.1, 0.15) is 0 Å². The summed E-state index contributed by atoms with van der Waals surface area (Å²) in [5.41, 5.74) is 0. The SMILES string of the molecule is CC1CCN(C(=S)NC2CCCCC2)CC1C. The van der Waals surface area contributed by atoms with E-state index in [-0.39, 0.29) is 0 Å². The monoisotopic (exact) mass is 254 g/mol. The first-order valence-corrected chi connectivity index (χ1v) is 7.63. The van der Waals surface area contributed by atoms with Crippen LogP contribution in [-0.4, -0.2) is 29.1 Å². The third kappa shape index (κ3) is 3.57. The molecular formula is C14H26N2S. The molecule has 0 radical (unpaired) electrons. The predicted molar refractivity (Wildman–Crippen MR) is 77.1 cm³/mol. The number of nitrogens with zero attached hydrogens (tertiary/aromatic N) is 1. The second-order valence-corrected chi connectivity index (χ2v) is 6.36. The summed E-state index contributed by atoms with van der Waals surface area (Å²) in [4.78, 5) is 2.38. The fraction of sp³-hybridized carbons (Fsp3) is 0.929. The van der Waals surface area contributed by atoms with Crippen molar-refractivity contribution in [3.8, 4) is 0 Å². The van der Waals surface area contributed by atoms with Gasteiger partial charge in [-0.05, 0) is 43.3 Å². The lowest BCUT2D eigenvalue weighted by Crippen LogP contribution is -2.49. The van der Waals surface area contributed by atoms with Gasteiger partial charge in [-0.1, -0.05) is 33.1 Å². The molecule has 1 aliphatic carbocycles. The molecule has 1 heterocycles. The zero-order valence-corrected chi connectivity index (χ0v) is 12.1. The molecule has 17 heavy (non-hydrogen) atoms. The minimum absolute atomic E-state index is 0.644. The Morgan fingerprint density at radius 2 is 1.76 bits per heavy atom. The minimum atomic E-state index is 0.644. The van der Waals surface area contributed by atoms with E-state index in [0.29, 0.717) is 6.04 Å². The molecule has 2 nitrogen and oxygen atoms in total. The van der Waals surface area contributed by atoms with E-state index in [1.165, 1.54) is 38.5 Å². The van der Waals surface area contributed by atoms with Gasteiger partial charge in [-0.15, -0.1) is 0 Å². The van der Waals surface area contributed by atoms with Crippen molar-refractivity contribution in [2.75, 3.05) is 13.1 Å². The summed E-state index contributed by atoms with van der Waals surface area (Å²) in [5, 5.41) is 4.59. The fourth-order valence-corrected chi connectivity index (χ4v) is 3.29. The molecule has 3 heteroatoms. The molecule has 1 N–H and O–H groups in total. The average Bonchev–Trinajstić information content (AvgIpc) is 2.34. The van der Waals surface area contributed by atoms with Gasteiger partial charge in [-0.2, -0.15) is 0 Å². The van der Waals surface area contributed by atoms with E-state index in [1.54, 1.807) is 0 Å². The van der Waals surface area contributed by atoms with Crippen LogP contribution in [0.1, 0.15) is 52.4 Å². The number of likely N-dealkylation sites (tertiary alicyclic amines) is 1. The smallest absolute Gasteiger partial charge is 0.169 e. The summed E-state index contributed by atoms with van der Waals surface area (Å²) in [6.45, 7) is 6.99. The lowest BCUT2D eigenvalue weighted by atomic mass is 9.89. The lowest BCUT2D eigenvalue weighted by molar-refractivity contribution is 0.200. The van der Waals surface area contributed by atoms with E-state index in [0.717, 1.165) is 30.0 Å². The normalized spacial score (nSPS) is 31.3. The minimum Gasteiger partial charge on any atom is -0.360 e. The highest BCUT2D eigenvalue weighted by Gasteiger charge is 2.25. The Hall–Kier alpha value is -0.310. The van der Waals surface area contributed by atoms with Gasteiger partial charge in [0, 0.05) is 19.1 Å². The van der Waals surface area contributed by atoms with Crippen molar-refractivity contribution in [3.05, 3.63) is 0 Å². The first kappa shape index (κ1) is 13.1. The molecule has 1 saturated carbocycles. The van der Waals surface area contributed by atoms with E-state index < -0.39 is 0 Å². The Kier molecular flexibility index (Phi) is 4.66. The Labute approximate surface area is 111 Å². The van der Waals surface area contributed by atoms with E-state index in [9.17, 15) is 0 Å². The molecule has 0 bridgehead atoms. The van der Waals surface area contributed by atoms with Crippen LogP contribution in [0.5, 0.6) is 0 Å². The van der Waals surface area contributed by atoms with Crippen molar-refractivity contribution in [3.63, 3.8) is 0 Å². The molecule has 2 unspecified atom stereocenters. The van der Waals surface area contributed by atoms with Crippen LogP contribution in [0.3, 0.4) is 0 Å². The lowest BCUT2D eigenvalue weighted by Gasteiger charge is -2.38.